The summed E-state index contributed by atoms with van der Waals surface area (Å²) in [5, 5.41) is 17.4. The maximum Gasteiger partial charge on any atom is 0.342 e. The molecule has 0 aliphatic heterocycles. The van der Waals surface area contributed by atoms with Gasteiger partial charge in [0, 0.05) is 17.4 Å². The molecule has 0 saturated heterocycles. The van der Waals surface area contributed by atoms with Crippen LogP contribution in [0.3, 0.4) is 0 Å². The Kier molecular flexibility index (Phi) is 6.19. The summed E-state index contributed by atoms with van der Waals surface area (Å²) in [5.41, 5.74) is 0. The number of rotatable bonds is 8. The number of carboxylic acids is 1. The van der Waals surface area contributed by atoms with Crippen LogP contribution in [0.1, 0.15) is 24.9 Å². The minimum absolute atomic E-state index is 0.0951. The van der Waals surface area contributed by atoms with Gasteiger partial charge in [-0.3, -0.25) is 5.10 Å². The molecule has 0 bridgehead atoms. The number of carboxylic acid groups (broad SMARTS) is 1. The predicted octanol–water partition coefficient (Wildman–Crippen LogP) is 4.72. The number of benzene rings is 1. The molecule has 0 aliphatic carbocycles. The number of carbonyl (C=O) groups is 1. The molecule has 0 amide bonds. The molecule has 2 aromatic heterocycles. The molecule has 3 aromatic rings. The van der Waals surface area contributed by atoms with Crippen LogP contribution in [0.15, 0.2) is 66.9 Å². The summed E-state index contributed by atoms with van der Waals surface area (Å²) in [4.78, 5) is 17.0. The molecule has 0 aliphatic rings. The fourth-order valence-electron chi connectivity index (χ4n) is 2.11. The molecule has 8 heteroatoms. The molecule has 0 fully saturated rings. The number of nitrogens with zero attached hydrogens (tertiary/aromatic N) is 2. The Morgan fingerprint density at radius 2 is 2.08 bits per heavy atom. The molecule has 0 unspecified atom stereocenters. The van der Waals surface area contributed by atoms with Gasteiger partial charge < -0.3 is 9.52 Å². The number of hydrogen-bond acceptors (Lipinski definition) is 6. The first kappa shape index (κ1) is 18.3. The Balaban J connectivity index is 1.73. The number of nitrogens with one attached hydrogen (secondary N) is 1. The highest BCUT2D eigenvalue weighted by molar-refractivity contribution is 8.04. The predicted molar refractivity (Wildman–Crippen MR) is 101 cm³/mol. The topological polar surface area (TPSA) is 92.0 Å². The SMILES string of the molecule is CCCc1nc(S/C(=C\c2ccc(Sc3ccccc3)o2)C(=O)O)n[nH]1. The quantitative estimate of drug-likeness (QED) is 0.427. The highest BCUT2D eigenvalue weighted by atomic mass is 32.2. The molecule has 1 aromatic carbocycles. The maximum atomic E-state index is 11.5. The van der Waals surface area contributed by atoms with Gasteiger partial charge in [0.25, 0.3) is 0 Å². The Labute approximate surface area is 159 Å². The van der Waals surface area contributed by atoms with Crippen molar-refractivity contribution in [2.45, 2.75) is 34.9 Å². The summed E-state index contributed by atoms with van der Waals surface area (Å²) in [6.07, 6.45) is 3.20. The van der Waals surface area contributed by atoms with E-state index in [0.717, 1.165) is 35.3 Å². The minimum atomic E-state index is -1.05. The molecule has 0 saturated carbocycles. The second kappa shape index (κ2) is 8.77. The summed E-state index contributed by atoms with van der Waals surface area (Å²) in [7, 11) is 0. The van der Waals surface area contributed by atoms with E-state index in [9.17, 15) is 9.90 Å². The number of aliphatic carboxylic acids is 1. The second-order valence-corrected chi connectivity index (χ2v) is 7.39. The molecule has 0 spiro atoms. The molecule has 2 heterocycles. The summed E-state index contributed by atoms with van der Waals surface area (Å²) in [6.45, 7) is 2.04. The van der Waals surface area contributed by atoms with Gasteiger partial charge in [-0.25, -0.2) is 9.78 Å². The molecule has 26 heavy (non-hydrogen) atoms. The third kappa shape index (κ3) is 5.03. The van der Waals surface area contributed by atoms with Gasteiger partial charge in [0.05, 0.1) is 0 Å². The highest BCUT2D eigenvalue weighted by Gasteiger charge is 2.15. The maximum absolute atomic E-state index is 11.5. The average Bonchev–Trinajstić information content (AvgIpc) is 3.25. The summed E-state index contributed by atoms with van der Waals surface area (Å²) < 4.78 is 5.71. The van der Waals surface area contributed by atoms with E-state index in [2.05, 4.69) is 15.2 Å². The zero-order valence-electron chi connectivity index (χ0n) is 14.0. The van der Waals surface area contributed by atoms with Gasteiger partial charge in [0.1, 0.15) is 16.5 Å². The monoisotopic (exact) mass is 387 g/mol. The summed E-state index contributed by atoms with van der Waals surface area (Å²) in [5.74, 6) is 0.169. The van der Waals surface area contributed by atoms with Gasteiger partial charge in [0.2, 0.25) is 5.16 Å². The lowest BCUT2D eigenvalue weighted by Crippen LogP contribution is -1.97. The van der Waals surface area contributed by atoms with Crippen LogP contribution < -0.4 is 0 Å². The lowest BCUT2D eigenvalue weighted by Gasteiger charge is -1.98. The molecule has 0 radical (unpaired) electrons. The first-order valence-corrected chi connectivity index (χ1v) is 9.64. The molecule has 134 valence electrons. The van der Waals surface area contributed by atoms with Crippen molar-refractivity contribution in [2.24, 2.45) is 0 Å². The molecule has 6 nitrogen and oxygen atoms in total. The zero-order chi connectivity index (χ0) is 18.4. The first-order chi connectivity index (χ1) is 12.6. The number of aryl methyl sites for hydroxylation is 1. The van der Waals surface area contributed by atoms with Crippen LogP contribution in [0.4, 0.5) is 0 Å². The van der Waals surface area contributed by atoms with E-state index in [1.807, 2.05) is 43.3 Å². The van der Waals surface area contributed by atoms with E-state index in [1.165, 1.54) is 17.8 Å². The van der Waals surface area contributed by atoms with Gasteiger partial charge in [-0.15, -0.1) is 5.10 Å². The van der Waals surface area contributed by atoms with Crippen LogP contribution in [-0.2, 0) is 11.2 Å². The van der Waals surface area contributed by atoms with E-state index < -0.39 is 5.97 Å². The normalized spacial score (nSPS) is 11.7. The second-order valence-electron chi connectivity index (χ2n) is 5.30. The van der Waals surface area contributed by atoms with Crippen LogP contribution in [0, 0.1) is 0 Å². The Morgan fingerprint density at radius 1 is 1.27 bits per heavy atom. The third-order valence-corrected chi connectivity index (χ3v) is 5.05. The van der Waals surface area contributed by atoms with Crippen molar-refractivity contribution in [1.29, 1.82) is 0 Å². The van der Waals surface area contributed by atoms with E-state index >= 15 is 0 Å². The molecule has 3 rings (SSSR count). The minimum Gasteiger partial charge on any atom is -0.477 e. The largest absolute Gasteiger partial charge is 0.477 e. The number of hydrogen-bond donors (Lipinski definition) is 2. The van der Waals surface area contributed by atoms with Crippen molar-refractivity contribution < 1.29 is 14.3 Å². The first-order valence-electron chi connectivity index (χ1n) is 8.01. The van der Waals surface area contributed by atoms with Crippen molar-refractivity contribution in [1.82, 2.24) is 15.2 Å². The van der Waals surface area contributed by atoms with Crippen molar-refractivity contribution in [2.75, 3.05) is 0 Å². The summed E-state index contributed by atoms with van der Waals surface area (Å²) >= 11 is 2.47. The number of aromatic nitrogens is 3. The van der Waals surface area contributed by atoms with Gasteiger partial charge in [-0.2, -0.15) is 0 Å². The van der Waals surface area contributed by atoms with Crippen molar-refractivity contribution >= 4 is 35.6 Å². The number of aromatic amines is 1. The molecule has 2 N–H and O–H groups in total. The smallest absolute Gasteiger partial charge is 0.342 e. The molecule has 0 atom stereocenters. The van der Waals surface area contributed by atoms with Gasteiger partial charge in [-0.05, 0) is 42.4 Å². The Bertz CT molecular complexity index is 903. The average molecular weight is 387 g/mol. The van der Waals surface area contributed by atoms with Crippen molar-refractivity contribution in [3.8, 4) is 0 Å². The van der Waals surface area contributed by atoms with Crippen molar-refractivity contribution in [3.63, 3.8) is 0 Å². The van der Waals surface area contributed by atoms with E-state index in [0.29, 0.717) is 16.0 Å². The Morgan fingerprint density at radius 3 is 2.81 bits per heavy atom. The standard InChI is InChI=1S/C18H17N3O3S2/c1-2-6-15-19-18(21-20-15)26-14(17(22)23)11-12-9-10-16(24-12)25-13-7-4-3-5-8-13/h3-5,7-11H,2,6H2,1H3,(H,22,23)(H,19,20,21)/b14-11-. The highest BCUT2D eigenvalue weighted by Crippen LogP contribution is 2.31. The van der Waals surface area contributed by atoms with Crippen LogP contribution >= 0.6 is 23.5 Å². The van der Waals surface area contributed by atoms with Gasteiger partial charge in [0.15, 0.2) is 5.09 Å². The number of thioether (sulfide) groups is 1. The zero-order valence-corrected chi connectivity index (χ0v) is 15.6. The van der Waals surface area contributed by atoms with E-state index in [4.69, 9.17) is 4.42 Å². The van der Waals surface area contributed by atoms with E-state index in [-0.39, 0.29) is 4.91 Å². The fourth-order valence-corrected chi connectivity index (χ4v) is 3.61. The number of H-pyrrole nitrogens is 1. The van der Waals surface area contributed by atoms with Crippen LogP contribution in [0.2, 0.25) is 0 Å². The number of furan rings is 1. The third-order valence-electron chi connectivity index (χ3n) is 3.25. The molecular weight excluding hydrogens is 370 g/mol. The van der Waals surface area contributed by atoms with Crippen LogP contribution in [0.25, 0.3) is 6.08 Å². The summed E-state index contributed by atoms with van der Waals surface area (Å²) in [6, 6.07) is 13.4. The van der Waals surface area contributed by atoms with Crippen molar-refractivity contribution in [3.05, 3.63) is 59.0 Å². The molecular formula is C18H17N3O3S2. The lowest BCUT2D eigenvalue weighted by atomic mass is 10.3. The van der Waals surface area contributed by atoms with Gasteiger partial charge in [-0.1, -0.05) is 36.9 Å². The van der Waals surface area contributed by atoms with E-state index in [1.54, 1.807) is 6.07 Å². The van der Waals surface area contributed by atoms with Crippen LogP contribution in [0.5, 0.6) is 0 Å². The lowest BCUT2D eigenvalue weighted by molar-refractivity contribution is -0.131. The Hall–Kier alpha value is -2.45. The fraction of sp³-hybridized carbons (Fsp3) is 0.167. The van der Waals surface area contributed by atoms with Gasteiger partial charge >= 0.3 is 5.97 Å². The van der Waals surface area contributed by atoms with Crippen LogP contribution in [-0.4, -0.2) is 26.3 Å².